The van der Waals surface area contributed by atoms with Crippen LogP contribution in [0.5, 0.6) is 0 Å². The standard InChI is InChI=1S/C18H20N4O2/c1-12-4-9-15(22-21-12)13-5-7-14(8-6-13)16(23)20-18(17(19)24)10-2-3-11-18/h4-9H,2-3,10-11H2,1H3,(H2,19,24)(H,20,23). The summed E-state index contributed by atoms with van der Waals surface area (Å²) in [6.45, 7) is 1.88. The number of primary amides is 1. The second-order valence-corrected chi connectivity index (χ2v) is 6.24. The molecule has 6 nitrogen and oxygen atoms in total. The van der Waals surface area contributed by atoms with E-state index in [9.17, 15) is 9.59 Å². The lowest BCUT2D eigenvalue weighted by Gasteiger charge is -2.26. The van der Waals surface area contributed by atoms with Crippen LogP contribution in [0, 0.1) is 6.92 Å². The van der Waals surface area contributed by atoms with Crippen molar-refractivity contribution in [1.82, 2.24) is 15.5 Å². The van der Waals surface area contributed by atoms with Crippen LogP contribution >= 0.6 is 0 Å². The van der Waals surface area contributed by atoms with Crippen LogP contribution in [0.2, 0.25) is 0 Å². The maximum Gasteiger partial charge on any atom is 0.252 e. The Balaban J connectivity index is 1.76. The van der Waals surface area contributed by atoms with Gasteiger partial charge in [0.1, 0.15) is 5.54 Å². The molecule has 124 valence electrons. The van der Waals surface area contributed by atoms with E-state index in [0.29, 0.717) is 18.4 Å². The first-order valence-corrected chi connectivity index (χ1v) is 8.03. The van der Waals surface area contributed by atoms with Crippen LogP contribution in [0.4, 0.5) is 0 Å². The topological polar surface area (TPSA) is 98.0 Å². The molecule has 2 amide bonds. The fourth-order valence-corrected chi connectivity index (χ4v) is 3.05. The largest absolute Gasteiger partial charge is 0.368 e. The first kappa shape index (κ1) is 16.1. The number of nitrogens with one attached hydrogen (secondary N) is 1. The summed E-state index contributed by atoms with van der Waals surface area (Å²) in [5.41, 5.74) is 7.57. The predicted molar refractivity (Wildman–Crippen MR) is 90.1 cm³/mol. The Bertz CT molecular complexity index is 748. The Kier molecular flexibility index (Phi) is 4.29. The number of amides is 2. The molecular weight excluding hydrogens is 304 g/mol. The third-order valence-corrected chi connectivity index (χ3v) is 4.52. The summed E-state index contributed by atoms with van der Waals surface area (Å²) in [6, 6.07) is 10.9. The van der Waals surface area contributed by atoms with Crippen LogP contribution in [0.3, 0.4) is 0 Å². The molecule has 0 aliphatic heterocycles. The van der Waals surface area contributed by atoms with Crippen LogP contribution in [0.15, 0.2) is 36.4 Å². The van der Waals surface area contributed by atoms with Crippen LogP contribution in [-0.4, -0.2) is 27.6 Å². The molecule has 0 atom stereocenters. The molecular formula is C18H20N4O2. The maximum absolute atomic E-state index is 12.5. The number of rotatable bonds is 4. The van der Waals surface area contributed by atoms with Crippen LogP contribution < -0.4 is 11.1 Å². The van der Waals surface area contributed by atoms with E-state index in [1.54, 1.807) is 12.1 Å². The zero-order valence-electron chi connectivity index (χ0n) is 13.6. The molecule has 1 heterocycles. The average molecular weight is 324 g/mol. The minimum atomic E-state index is -0.905. The summed E-state index contributed by atoms with van der Waals surface area (Å²) in [4.78, 5) is 24.2. The molecule has 0 spiro atoms. The molecule has 2 aromatic rings. The summed E-state index contributed by atoms with van der Waals surface area (Å²) in [5.74, 6) is -0.739. The number of aryl methyl sites for hydroxylation is 1. The smallest absolute Gasteiger partial charge is 0.252 e. The summed E-state index contributed by atoms with van der Waals surface area (Å²) in [7, 11) is 0. The third-order valence-electron chi connectivity index (χ3n) is 4.52. The fraction of sp³-hybridized carbons (Fsp3) is 0.333. The minimum Gasteiger partial charge on any atom is -0.368 e. The Morgan fingerprint density at radius 1 is 1.04 bits per heavy atom. The van der Waals surface area contributed by atoms with Crippen molar-refractivity contribution < 1.29 is 9.59 Å². The molecule has 0 unspecified atom stereocenters. The molecule has 1 aliphatic rings. The SMILES string of the molecule is Cc1ccc(-c2ccc(C(=O)NC3(C(N)=O)CCCC3)cc2)nn1. The van der Waals surface area contributed by atoms with Crippen molar-refractivity contribution >= 4 is 11.8 Å². The monoisotopic (exact) mass is 324 g/mol. The molecule has 6 heteroatoms. The summed E-state index contributed by atoms with van der Waals surface area (Å²) in [5, 5.41) is 11.0. The molecule has 1 fully saturated rings. The second-order valence-electron chi connectivity index (χ2n) is 6.24. The van der Waals surface area contributed by atoms with E-state index >= 15 is 0 Å². The van der Waals surface area contributed by atoms with Gasteiger partial charge in [-0.15, -0.1) is 0 Å². The summed E-state index contributed by atoms with van der Waals surface area (Å²) in [6.07, 6.45) is 3.00. The maximum atomic E-state index is 12.5. The van der Waals surface area contributed by atoms with Crippen LogP contribution in [0.25, 0.3) is 11.3 Å². The van der Waals surface area contributed by atoms with Gasteiger partial charge >= 0.3 is 0 Å². The summed E-state index contributed by atoms with van der Waals surface area (Å²) < 4.78 is 0. The molecule has 0 bridgehead atoms. The van der Waals surface area contributed by atoms with Gasteiger partial charge in [-0.3, -0.25) is 9.59 Å². The first-order valence-electron chi connectivity index (χ1n) is 8.03. The molecule has 1 saturated carbocycles. The Hall–Kier alpha value is -2.76. The van der Waals surface area contributed by atoms with Crippen molar-refractivity contribution in [2.45, 2.75) is 38.1 Å². The number of hydrogen-bond acceptors (Lipinski definition) is 4. The lowest BCUT2D eigenvalue weighted by atomic mass is 9.96. The van der Waals surface area contributed by atoms with Gasteiger partial charge in [0.2, 0.25) is 5.91 Å². The highest BCUT2D eigenvalue weighted by Gasteiger charge is 2.40. The van der Waals surface area contributed by atoms with E-state index in [0.717, 1.165) is 29.8 Å². The van der Waals surface area contributed by atoms with Crippen molar-refractivity contribution in [3.05, 3.63) is 47.7 Å². The number of carbonyl (C=O) groups is 2. The highest BCUT2D eigenvalue weighted by atomic mass is 16.2. The van der Waals surface area contributed by atoms with Gasteiger partial charge in [0.05, 0.1) is 11.4 Å². The first-order chi connectivity index (χ1) is 11.5. The van der Waals surface area contributed by atoms with E-state index in [2.05, 4.69) is 15.5 Å². The van der Waals surface area contributed by atoms with E-state index in [1.165, 1.54) is 0 Å². The molecule has 3 rings (SSSR count). The Labute approximate surface area is 140 Å². The molecule has 1 aromatic heterocycles. The van der Waals surface area contributed by atoms with Crippen molar-refractivity contribution in [1.29, 1.82) is 0 Å². The van der Waals surface area contributed by atoms with Crippen molar-refractivity contribution in [2.75, 3.05) is 0 Å². The highest BCUT2D eigenvalue weighted by molar-refractivity contribution is 5.99. The lowest BCUT2D eigenvalue weighted by molar-refractivity contribution is -0.123. The second kappa shape index (κ2) is 6.39. The summed E-state index contributed by atoms with van der Waals surface area (Å²) >= 11 is 0. The van der Waals surface area contributed by atoms with Crippen LogP contribution in [0.1, 0.15) is 41.7 Å². The van der Waals surface area contributed by atoms with Gasteiger partial charge in [-0.2, -0.15) is 10.2 Å². The lowest BCUT2D eigenvalue weighted by Crippen LogP contribution is -2.55. The Morgan fingerprint density at radius 2 is 1.71 bits per heavy atom. The molecule has 1 aliphatic carbocycles. The molecule has 1 aromatic carbocycles. The zero-order chi connectivity index (χ0) is 17.2. The van der Waals surface area contributed by atoms with Gasteiger partial charge in [-0.25, -0.2) is 0 Å². The molecule has 3 N–H and O–H groups in total. The van der Waals surface area contributed by atoms with Gasteiger partial charge in [0.15, 0.2) is 0 Å². The van der Waals surface area contributed by atoms with Crippen molar-refractivity contribution in [2.24, 2.45) is 5.73 Å². The van der Waals surface area contributed by atoms with Crippen molar-refractivity contribution in [3.63, 3.8) is 0 Å². The quantitative estimate of drug-likeness (QED) is 0.898. The number of nitrogens with zero attached hydrogens (tertiary/aromatic N) is 2. The number of carbonyl (C=O) groups excluding carboxylic acids is 2. The number of benzene rings is 1. The van der Waals surface area contributed by atoms with Gasteiger partial charge in [-0.05, 0) is 44.0 Å². The third kappa shape index (κ3) is 3.13. The van der Waals surface area contributed by atoms with Crippen molar-refractivity contribution in [3.8, 4) is 11.3 Å². The zero-order valence-corrected chi connectivity index (χ0v) is 13.6. The van der Waals surface area contributed by atoms with Gasteiger partial charge in [0, 0.05) is 11.1 Å². The average Bonchev–Trinajstić information content (AvgIpc) is 3.06. The minimum absolute atomic E-state index is 0.280. The van der Waals surface area contributed by atoms with E-state index < -0.39 is 11.4 Å². The number of hydrogen-bond donors (Lipinski definition) is 2. The normalized spacial score (nSPS) is 15.9. The fourth-order valence-electron chi connectivity index (χ4n) is 3.05. The van der Waals surface area contributed by atoms with Gasteiger partial charge < -0.3 is 11.1 Å². The van der Waals surface area contributed by atoms with E-state index in [-0.39, 0.29) is 5.91 Å². The molecule has 0 saturated heterocycles. The number of aromatic nitrogens is 2. The molecule has 0 radical (unpaired) electrons. The Morgan fingerprint density at radius 3 is 2.25 bits per heavy atom. The predicted octanol–water partition coefficient (Wildman–Crippen LogP) is 1.98. The number of nitrogens with two attached hydrogens (primary N) is 1. The highest BCUT2D eigenvalue weighted by Crippen LogP contribution is 2.29. The van der Waals surface area contributed by atoms with Gasteiger partial charge in [0.25, 0.3) is 5.91 Å². The van der Waals surface area contributed by atoms with Crippen LogP contribution in [-0.2, 0) is 4.79 Å². The van der Waals surface area contributed by atoms with Gasteiger partial charge in [-0.1, -0.05) is 25.0 Å². The van der Waals surface area contributed by atoms with E-state index in [4.69, 9.17) is 5.73 Å². The van der Waals surface area contributed by atoms with E-state index in [1.807, 2.05) is 31.2 Å². The molecule has 24 heavy (non-hydrogen) atoms.